The summed E-state index contributed by atoms with van der Waals surface area (Å²) in [5, 5.41) is 2.78. The smallest absolute Gasteiger partial charge is 0.262 e. The molecule has 2 aromatic rings. The Bertz CT molecular complexity index is 579. The average Bonchev–Trinajstić information content (AvgIpc) is 2.46. The maximum atomic E-state index is 11.8. The lowest BCUT2D eigenvalue weighted by Crippen LogP contribution is -2.20. The van der Waals surface area contributed by atoms with Crippen LogP contribution in [0, 0.1) is 0 Å². The first-order chi connectivity index (χ1) is 9.67. The second kappa shape index (κ2) is 6.61. The molecule has 4 nitrogen and oxygen atoms in total. The third-order valence-corrected chi connectivity index (χ3v) is 2.87. The lowest BCUT2D eigenvalue weighted by Gasteiger charge is -2.08. The summed E-state index contributed by atoms with van der Waals surface area (Å²) >= 11 is 0. The van der Waals surface area contributed by atoms with Gasteiger partial charge in [0.2, 0.25) is 0 Å². The summed E-state index contributed by atoms with van der Waals surface area (Å²) in [5.41, 5.74) is 8.25. The predicted molar refractivity (Wildman–Crippen MR) is 80.8 cm³/mol. The van der Waals surface area contributed by atoms with Gasteiger partial charge in [-0.25, -0.2) is 0 Å². The van der Waals surface area contributed by atoms with E-state index < -0.39 is 0 Å². The third-order valence-electron chi connectivity index (χ3n) is 2.87. The zero-order valence-electron chi connectivity index (χ0n) is 11.4. The van der Waals surface area contributed by atoms with Crippen LogP contribution in [0.5, 0.6) is 5.75 Å². The van der Waals surface area contributed by atoms with E-state index in [2.05, 4.69) is 12.2 Å². The first-order valence-electron chi connectivity index (χ1n) is 6.54. The molecule has 0 aliphatic carbocycles. The highest BCUT2D eigenvalue weighted by Gasteiger charge is 2.04. The molecular weight excluding hydrogens is 252 g/mol. The lowest BCUT2D eigenvalue weighted by molar-refractivity contribution is -0.118. The average molecular weight is 270 g/mol. The maximum Gasteiger partial charge on any atom is 0.262 e. The van der Waals surface area contributed by atoms with Gasteiger partial charge >= 0.3 is 0 Å². The molecule has 0 atom stereocenters. The van der Waals surface area contributed by atoms with Crippen LogP contribution in [0.25, 0.3) is 0 Å². The van der Waals surface area contributed by atoms with Gasteiger partial charge in [0.1, 0.15) is 5.75 Å². The summed E-state index contributed by atoms with van der Waals surface area (Å²) in [6.45, 7) is 2.05. The molecular formula is C16H18N2O2. The second-order valence-electron chi connectivity index (χ2n) is 4.46. The topological polar surface area (TPSA) is 64.3 Å². The van der Waals surface area contributed by atoms with Crippen molar-refractivity contribution in [2.24, 2.45) is 0 Å². The van der Waals surface area contributed by atoms with Crippen molar-refractivity contribution in [3.05, 3.63) is 54.1 Å². The highest BCUT2D eigenvalue weighted by Crippen LogP contribution is 2.14. The molecule has 0 radical (unpaired) electrons. The van der Waals surface area contributed by atoms with Crippen LogP contribution in [0.2, 0.25) is 0 Å². The van der Waals surface area contributed by atoms with E-state index in [1.807, 2.05) is 24.3 Å². The number of hydrogen-bond acceptors (Lipinski definition) is 3. The minimum absolute atomic E-state index is 0.0427. The molecule has 2 rings (SSSR count). The lowest BCUT2D eigenvalue weighted by atomic mass is 10.1. The van der Waals surface area contributed by atoms with E-state index in [1.165, 1.54) is 5.56 Å². The van der Waals surface area contributed by atoms with Crippen LogP contribution in [0.15, 0.2) is 48.5 Å². The molecule has 104 valence electrons. The highest BCUT2D eigenvalue weighted by atomic mass is 16.5. The summed E-state index contributed by atoms with van der Waals surface area (Å²) < 4.78 is 5.37. The largest absolute Gasteiger partial charge is 0.484 e. The Kier molecular flexibility index (Phi) is 4.60. The molecule has 0 saturated heterocycles. The fraction of sp³-hybridized carbons (Fsp3) is 0.188. The Labute approximate surface area is 118 Å². The number of nitrogen functional groups attached to an aromatic ring is 1. The van der Waals surface area contributed by atoms with E-state index in [9.17, 15) is 4.79 Å². The van der Waals surface area contributed by atoms with Gasteiger partial charge in [-0.05, 0) is 36.2 Å². The van der Waals surface area contributed by atoms with Crippen molar-refractivity contribution in [2.45, 2.75) is 13.3 Å². The number of benzene rings is 2. The van der Waals surface area contributed by atoms with E-state index in [0.29, 0.717) is 11.4 Å². The summed E-state index contributed by atoms with van der Waals surface area (Å²) in [5.74, 6) is 0.387. The molecule has 3 N–H and O–H groups in total. The monoisotopic (exact) mass is 270 g/mol. The molecule has 20 heavy (non-hydrogen) atoms. The number of anilines is 2. The summed E-state index contributed by atoms with van der Waals surface area (Å²) in [7, 11) is 0. The number of nitrogens with two attached hydrogens (primary N) is 1. The van der Waals surface area contributed by atoms with Gasteiger partial charge in [-0.3, -0.25) is 4.79 Å². The van der Waals surface area contributed by atoms with Gasteiger partial charge in [-0.1, -0.05) is 25.1 Å². The van der Waals surface area contributed by atoms with Gasteiger partial charge in [-0.2, -0.15) is 0 Å². The van der Waals surface area contributed by atoms with E-state index in [0.717, 1.165) is 12.1 Å². The van der Waals surface area contributed by atoms with Crippen LogP contribution >= 0.6 is 0 Å². The molecule has 0 unspecified atom stereocenters. The van der Waals surface area contributed by atoms with E-state index in [-0.39, 0.29) is 12.5 Å². The minimum atomic E-state index is -0.198. The van der Waals surface area contributed by atoms with Crippen LogP contribution in [0.4, 0.5) is 11.4 Å². The van der Waals surface area contributed by atoms with E-state index >= 15 is 0 Å². The van der Waals surface area contributed by atoms with Crippen LogP contribution in [0.3, 0.4) is 0 Å². The van der Waals surface area contributed by atoms with E-state index in [4.69, 9.17) is 10.5 Å². The van der Waals surface area contributed by atoms with Gasteiger partial charge < -0.3 is 15.8 Å². The molecule has 0 spiro atoms. The number of nitrogens with one attached hydrogen (secondary N) is 1. The third kappa shape index (κ3) is 4.02. The summed E-state index contributed by atoms with van der Waals surface area (Å²) in [6.07, 6.45) is 0.979. The first kappa shape index (κ1) is 13.9. The number of carbonyl (C=O) groups excluding carboxylic acids is 1. The summed E-state index contributed by atoms with van der Waals surface area (Å²) in [4.78, 5) is 11.8. The summed E-state index contributed by atoms with van der Waals surface area (Å²) in [6, 6.07) is 14.8. The van der Waals surface area contributed by atoms with Crippen molar-refractivity contribution in [3.63, 3.8) is 0 Å². The van der Waals surface area contributed by atoms with Crippen LogP contribution in [0.1, 0.15) is 12.5 Å². The molecule has 4 heteroatoms. The van der Waals surface area contributed by atoms with Crippen molar-refractivity contribution in [1.29, 1.82) is 0 Å². The van der Waals surface area contributed by atoms with Crippen molar-refractivity contribution in [2.75, 3.05) is 17.7 Å². The fourth-order valence-corrected chi connectivity index (χ4v) is 1.77. The molecule has 0 fully saturated rings. The molecule has 0 heterocycles. The molecule has 2 aromatic carbocycles. The molecule has 0 bridgehead atoms. The second-order valence-corrected chi connectivity index (χ2v) is 4.46. The van der Waals surface area contributed by atoms with Crippen molar-refractivity contribution >= 4 is 17.3 Å². The van der Waals surface area contributed by atoms with Gasteiger partial charge in [0.05, 0.1) is 0 Å². The number of ether oxygens (including phenoxy) is 1. The molecule has 1 amide bonds. The minimum Gasteiger partial charge on any atom is -0.484 e. The predicted octanol–water partition coefficient (Wildman–Crippen LogP) is 2.85. The van der Waals surface area contributed by atoms with Gasteiger partial charge in [-0.15, -0.1) is 0 Å². The standard InChI is InChI=1S/C16H18N2O2/c1-2-12-6-8-14(9-7-12)18-16(19)11-20-15-5-3-4-13(17)10-15/h3-10H,2,11,17H2,1H3,(H,18,19). The quantitative estimate of drug-likeness (QED) is 0.821. The van der Waals surface area contributed by atoms with Crippen LogP contribution < -0.4 is 15.8 Å². The van der Waals surface area contributed by atoms with Crippen LogP contribution in [-0.2, 0) is 11.2 Å². The van der Waals surface area contributed by atoms with E-state index in [1.54, 1.807) is 24.3 Å². The molecule has 0 aromatic heterocycles. The van der Waals surface area contributed by atoms with Crippen LogP contribution in [-0.4, -0.2) is 12.5 Å². The maximum absolute atomic E-state index is 11.8. The van der Waals surface area contributed by atoms with Gasteiger partial charge in [0.25, 0.3) is 5.91 Å². The van der Waals surface area contributed by atoms with Crippen molar-refractivity contribution in [1.82, 2.24) is 0 Å². The SMILES string of the molecule is CCc1ccc(NC(=O)COc2cccc(N)c2)cc1. The highest BCUT2D eigenvalue weighted by molar-refractivity contribution is 5.91. The number of hydrogen-bond donors (Lipinski definition) is 2. The fourth-order valence-electron chi connectivity index (χ4n) is 1.77. The number of amides is 1. The Morgan fingerprint density at radius 2 is 1.95 bits per heavy atom. The number of carbonyl (C=O) groups is 1. The van der Waals surface area contributed by atoms with Crippen molar-refractivity contribution < 1.29 is 9.53 Å². The Morgan fingerprint density at radius 1 is 1.20 bits per heavy atom. The molecule has 0 aliphatic heterocycles. The van der Waals surface area contributed by atoms with Crippen molar-refractivity contribution in [3.8, 4) is 5.75 Å². The van der Waals surface area contributed by atoms with Gasteiger partial charge in [0.15, 0.2) is 6.61 Å². The molecule has 0 aliphatic rings. The Hall–Kier alpha value is -2.49. The first-order valence-corrected chi connectivity index (χ1v) is 6.54. The zero-order chi connectivity index (χ0) is 14.4. The Morgan fingerprint density at radius 3 is 2.60 bits per heavy atom. The number of rotatable bonds is 5. The Balaban J connectivity index is 1.85. The molecule has 0 saturated carbocycles. The normalized spacial score (nSPS) is 10.1. The van der Waals surface area contributed by atoms with Gasteiger partial charge in [0, 0.05) is 17.4 Å². The zero-order valence-corrected chi connectivity index (χ0v) is 11.4. The number of aryl methyl sites for hydroxylation is 1.